The lowest BCUT2D eigenvalue weighted by Crippen LogP contribution is -2.19. The molecule has 0 amide bonds. The van der Waals surface area contributed by atoms with Crippen LogP contribution in [0.25, 0.3) is 0 Å². The van der Waals surface area contributed by atoms with Crippen molar-refractivity contribution < 1.29 is 14.2 Å². The fraction of sp³-hybridized carbons (Fsp3) is 0.538. The molecular formula is C26H38O3. The van der Waals surface area contributed by atoms with E-state index in [2.05, 4.69) is 76.2 Å². The van der Waals surface area contributed by atoms with E-state index in [1.807, 2.05) is 13.8 Å². The van der Waals surface area contributed by atoms with Gasteiger partial charge in [-0.1, -0.05) is 52.0 Å². The Morgan fingerprint density at radius 2 is 0.931 bits per heavy atom. The largest absolute Gasteiger partial charge is 0.494 e. The van der Waals surface area contributed by atoms with Crippen LogP contribution in [0.2, 0.25) is 0 Å². The molecule has 0 spiro atoms. The smallest absolute Gasteiger partial charge is 0.119 e. The first kappa shape index (κ1) is 23.3. The van der Waals surface area contributed by atoms with Gasteiger partial charge in [-0.3, -0.25) is 0 Å². The first-order chi connectivity index (χ1) is 14.0. The summed E-state index contributed by atoms with van der Waals surface area (Å²) in [7, 11) is 0. The molecule has 3 heteroatoms. The molecule has 0 aliphatic rings. The van der Waals surface area contributed by atoms with Crippen LogP contribution < -0.4 is 9.47 Å². The van der Waals surface area contributed by atoms with Crippen LogP contribution in [-0.2, 0) is 4.74 Å². The van der Waals surface area contributed by atoms with Crippen molar-refractivity contribution in [3.05, 3.63) is 59.7 Å². The fourth-order valence-electron chi connectivity index (χ4n) is 3.62. The first-order valence-corrected chi connectivity index (χ1v) is 11.0. The molecule has 0 saturated carbocycles. The van der Waals surface area contributed by atoms with Crippen LogP contribution in [0.5, 0.6) is 11.5 Å². The molecule has 0 heterocycles. The van der Waals surface area contributed by atoms with Gasteiger partial charge in [0.15, 0.2) is 0 Å². The molecule has 0 fully saturated rings. The average Bonchev–Trinajstić information content (AvgIpc) is 2.70. The van der Waals surface area contributed by atoms with Crippen LogP contribution >= 0.6 is 0 Å². The lowest BCUT2D eigenvalue weighted by atomic mass is 9.88. The Hall–Kier alpha value is -2.00. The highest BCUT2D eigenvalue weighted by molar-refractivity contribution is 5.31. The predicted octanol–water partition coefficient (Wildman–Crippen LogP) is 6.68. The van der Waals surface area contributed by atoms with Crippen LogP contribution in [0.3, 0.4) is 0 Å². The molecule has 2 unspecified atom stereocenters. The van der Waals surface area contributed by atoms with Crippen LogP contribution in [0.1, 0.15) is 64.5 Å². The highest BCUT2D eigenvalue weighted by atomic mass is 16.5. The van der Waals surface area contributed by atoms with Crippen LogP contribution in [-0.4, -0.2) is 26.4 Å². The fourth-order valence-corrected chi connectivity index (χ4v) is 3.62. The van der Waals surface area contributed by atoms with Gasteiger partial charge in [0.05, 0.1) is 26.4 Å². The molecule has 160 valence electrons. The Morgan fingerprint density at radius 3 is 1.21 bits per heavy atom. The van der Waals surface area contributed by atoms with E-state index in [4.69, 9.17) is 14.2 Å². The van der Waals surface area contributed by atoms with E-state index < -0.39 is 0 Å². The Morgan fingerprint density at radius 1 is 0.586 bits per heavy atom. The molecule has 2 aromatic rings. The first-order valence-electron chi connectivity index (χ1n) is 11.0. The van der Waals surface area contributed by atoms with Gasteiger partial charge in [-0.05, 0) is 61.1 Å². The van der Waals surface area contributed by atoms with Gasteiger partial charge in [0.2, 0.25) is 0 Å². The molecule has 2 rings (SSSR count). The average molecular weight is 399 g/mol. The number of ether oxygens (including phenoxy) is 3. The van der Waals surface area contributed by atoms with Crippen molar-refractivity contribution >= 4 is 0 Å². The molecule has 0 aliphatic heterocycles. The van der Waals surface area contributed by atoms with Crippen molar-refractivity contribution in [3.63, 3.8) is 0 Å². The number of rotatable bonds is 12. The second kappa shape index (κ2) is 11.9. The predicted molar refractivity (Wildman–Crippen MR) is 121 cm³/mol. The minimum absolute atomic E-state index is 0.374. The van der Waals surface area contributed by atoms with Crippen LogP contribution in [0, 0.1) is 11.8 Å². The van der Waals surface area contributed by atoms with E-state index in [1.54, 1.807) is 0 Å². The third kappa shape index (κ3) is 7.08. The zero-order valence-electron chi connectivity index (χ0n) is 19.0. The third-order valence-corrected chi connectivity index (χ3v) is 5.44. The molecule has 0 N–H and O–H groups in total. The molecular weight excluding hydrogens is 360 g/mol. The van der Waals surface area contributed by atoms with E-state index >= 15 is 0 Å². The zero-order chi connectivity index (χ0) is 21.2. The molecule has 0 radical (unpaired) electrons. The molecule has 0 bridgehead atoms. The van der Waals surface area contributed by atoms with Crippen molar-refractivity contribution in [2.24, 2.45) is 11.8 Å². The Bertz CT molecular complexity index is 627. The zero-order valence-corrected chi connectivity index (χ0v) is 19.0. The van der Waals surface area contributed by atoms with E-state index in [0.29, 0.717) is 36.9 Å². The van der Waals surface area contributed by atoms with Crippen molar-refractivity contribution in [2.75, 3.05) is 26.4 Å². The maximum Gasteiger partial charge on any atom is 0.119 e. The number of hydrogen-bond acceptors (Lipinski definition) is 3. The standard InChI is InChI=1S/C26H38O3/c1-7-28-23-13-9-21(10-14-23)25(19(3)4)17-27-18-26(20(5)6)22-11-15-24(16-12-22)29-8-2/h9-16,19-20,25-26H,7-8,17-18H2,1-6H3. The summed E-state index contributed by atoms with van der Waals surface area (Å²) >= 11 is 0. The summed E-state index contributed by atoms with van der Waals surface area (Å²) < 4.78 is 17.4. The maximum absolute atomic E-state index is 6.28. The van der Waals surface area contributed by atoms with E-state index in [1.165, 1.54) is 11.1 Å². The summed E-state index contributed by atoms with van der Waals surface area (Å²) in [6.45, 7) is 15.9. The van der Waals surface area contributed by atoms with Gasteiger partial charge in [-0.25, -0.2) is 0 Å². The van der Waals surface area contributed by atoms with Gasteiger partial charge < -0.3 is 14.2 Å². The van der Waals surface area contributed by atoms with Gasteiger partial charge in [0.1, 0.15) is 11.5 Å². The summed E-state index contributed by atoms with van der Waals surface area (Å²) in [6, 6.07) is 16.9. The molecule has 3 nitrogen and oxygen atoms in total. The molecule has 2 atom stereocenters. The van der Waals surface area contributed by atoms with Crippen LogP contribution in [0.4, 0.5) is 0 Å². The van der Waals surface area contributed by atoms with E-state index in [0.717, 1.165) is 24.7 Å². The summed E-state index contributed by atoms with van der Waals surface area (Å²) in [4.78, 5) is 0. The SMILES string of the molecule is CCOc1ccc(C(COCC(c2ccc(OCC)cc2)C(C)C)C(C)C)cc1. The second-order valence-corrected chi connectivity index (χ2v) is 8.24. The molecule has 0 aliphatic carbocycles. The quantitative estimate of drug-likeness (QED) is 0.399. The lowest BCUT2D eigenvalue weighted by Gasteiger charge is -2.25. The van der Waals surface area contributed by atoms with Gasteiger partial charge >= 0.3 is 0 Å². The van der Waals surface area contributed by atoms with Crippen LogP contribution in [0.15, 0.2) is 48.5 Å². The summed E-state index contributed by atoms with van der Waals surface area (Å²) in [5, 5.41) is 0. The molecule has 0 saturated heterocycles. The summed E-state index contributed by atoms with van der Waals surface area (Å²) in [6.07, 6.45) is 0. The number of hydrogen-bond donors (Lipinski definition) is 0. The van der Waals surface area contributed by atoms with Crippen molar-refractivity contribution in [2.45, 2.75) is 53.4 Å². The number of benzene rings is 2. The highest BCUT2D eigenvalue weighted by Crippen LogP contribution is 2.30. The normalized spacial score (nSPS) is 13.5. The Kier molecular flexibility index (Phi) is 9.53. The summed E-state index contributed by atoms with van der Waals surface area (Å²) in [5.41, 5.74) is 2.62. The topological polar surface area (TPSA) is 27.7 Å². The monoisotopic (exact) mass is 398 g/mol. The molecule has 0 aromatic heterocycles. The lowest BCUT2D eigenvalue weighted by molar-refractivity contribution is 0.0867. The highest BCUT2D eigenvalue weighted by Gasteiger charge is 2.20. The van der Waals surface area contributed by atoms with E-state index in [-0.39, 0.29) is 0 Å². The third-order valence-electron chi connectivity index (χ3n) is 5.44. The minimum atomic E-state index is 0.374. The Labute approximate surface area is 177 Å². The molecule has 2 aromatic carbocycles. The second-order valence-electron chi connectivity index (χ2n) is 8.24. The van der Waals surface area contributed by atoms with E-state index in [9.17, 15) is 0 Å². The van der Waals surface area contributed by atoms with Gasteiger partial charge in [0.25, 0.3) is 0 Å². The van der Waals surface area contributed by atoms with Crippen molar-refractivity contribution in [1.82, 2.24) is 0 Å². The van der Waals surface area contributed by atoms with Gasteiger partial charge in [-0.15, -0.1) is 0 Å². The van der Waals surface area contributed by atoms with Gasteiger partial charge in [0, 0.05) is 11.8 Å². The van der Waals surface area contributed by atoms with Gasteiger partial charge in [-0.2, -0.15) is 0 Å². The maximum atomic E-state index is 6.28. The molecule has 29 heavy (non-hydrogen) atoms. The summed E-state index contributed by atoms with van der Waals surface area (Å²) in [5.74, 6) is 3.62. The van der Waals surface area contributed by atoms with Crippen molar-refractivity contribution in [1.29, 1.82) is 0 Å². The minimum Gasteiger partial charge on any atom is -0.494 e. The van der Waals surface area contributed by atoms with Crippen molar-refractivity contribution in [3.8, 4) is 11.5 Å². The Balaban J connectivity index is 2.00.